The van der Waals surface area contributed by atoms with Gasteiger partial charge in [0.05, 0.1) is 16.3 Å². The highest BCUT2D eigenvalue weighted by Gasteiger charge is 2.12. The molecule has 3 aromatic carbocycles. The van der Waals surface area contributed by atoms with Gasteiger partial charge < -0.3 is 11.1 Å². The van der Waals surface area contributed by atoms with Crippen molar-refractivity contribution in [2.45, 2.75) is 4.90 Å². The minimum absolute atomic E-state index is 0.228. The standard InChI is InChI=1S/C16H14N2O3S/c17-14-10-12(22(19,20)21)8-9-16(14)18-15-7-3-5-11-4-1-2-6-13(11)15/h1-10,18H,17H2,(H,19,20,21). The van der Waals surface area contributed by atoms with E-state index in [1.807, 2.05) is 42.5 Å². The van der Waals surface area contributed by atoms with Crippen molar-refractivity contribution in [2.75, 3.05) is 11.1 Å². The van der Waals surface area contributed by atoms with Gasteiger partial charge >= 0.3 is 0 Å². The Morgan fingerprint density at radius 2 is 1.64 bits per heavy atom. The lowest BCUT2D eigenvalue weighted by Crippen LogP contribution is -2.02. The van der Waals surface area contributed by atoms with Crippen LogP contribution in [0.2, 0.25) is 0 Å². The van der Waals surface area contributed by atoms with Gasteiger partial charge in [0.2, 0.25) is 0 Å². The zero-order valence-electron chi connectivity index (χ0n) is 11.5. The molecule has 0 aliphatic heterocycles. The Labute approximate surface area is 128 Å². The number of fused-ring (bicyclic) bond motifs is 1. The van der Waals surface area contributed by atoms with Crippen LogP contribution in [-0.4, -0.2) is 13.0 Å². The van der Waals surface area contributed by atoms with E-state index in [0.29, 0.717) is 5.69 Å². The molecule has 0 aromatic heterocycles. The number of hydrogen-bond donors (Lipinski definition) is 3. The quantitative estimate of drug-likeness (QED) is 0.509. The fourth-order valence-corrected chi connectivity index (χ4v) is 2.81. The second-order valence-corrected chi connectivity index (χ2v) is 6.30. The Kier molecular flexibility index (Phi) is 3.48. The van der Waals surface area contributed by atoms with E-state index in [-0.39, 0.29) is 10.6 Å². The van der Waals surface area contributed by atoms with Gasteiger partial charge in [0.25, 0.3) is 10.1 Å². The van der Waals surface area contributed by atoms with E-state index < -0.39 is 10.1 Å². The zero-order valence-corrected chi connectivity index (χ0v) is 12.3. The van der Waals surface area contributed by atoms with Crippen LogP contribution in [0.15, 0.2) is 65.6 Å². The topological polar surface area (TPSA) is 92.4 Å². The molecular formula is C16H14N2O3S. The van der Waals surface area contributed by atoms with E-state index in [1.54, 1.807) is 0 Å². The smallest absolute Gasteiger partial charge is 0.294 e. The molecule has 0 spiro atoms. The van der Waals surface area contributed by atoms with Gasteiger partial charge in [-0.3, -0.25) is 4.55 Å². The Balaban J connectivity index is 2.02. The van der Waals surface area contributed by atoms with Crippen molar-refractivity contribution in [3.05, 3.63) is 60.7 Å². The first-order valence-corrected chi connectivity index (χ1v) is 8.01. The molecule has 0 fully saturated rings. The van der Waals surface area contributed by atoms with Gasteiger partial charge in [-0.2, -0.15) is 8.42 Å². The third kappa shape index (κ3) is 2.74. The minimum Gasteiger partial charge on any atom is -0.397 e. The van der Waals surface area contributed by atoms with Gasteiger partial charge in [-0.05, 0) is 29.7 Å². The van der Waals surface area contributed by atoms with Gasteiger partial charge in [-0.15, -0.1) is 0 Å². The predicted molar refractivity (Wildman–Crippen MR) is 87.9 cm³/mol. The molecule has 22 heavy (non-hydrogen) atoms. The highest BCUT2D eigenvalue weighted by Crippen LogP contribution is 2.30. The van der Waals surface area contributed by atoms with Crippen molar-refractivity contribution in [1.82, 2.24) is 0 Å². The summed E-state index contributed by atoms with van der Waals surface area (Å²) in [5.41, 5.74) is 7.55. The normalized spacial score (nSPS) is 11.5. The fourth-order valence-electron chi connectivity index (χ4n) is 2.29. The van der Waals surface area contributed by atoms with Crippen molar-refractivity contribution in [3.63, 3.8) is 0 Å². The molecule has 0 radical (unpaired) electrons. The van der Waals surface area contributed by atoms with Crippen LogP contribution in [0.5, 0.6) is 0 Å². The lowest BCUT2D eigenvalue weighted by atomic mass is 10.1. The number of hydrogen-bond acceptors (Lipinski definition) is 4. The number of nitrogen functional groups attached to an aromatic ring is 1. The summed E-state index contributed by atoms with van der Waals surface area (Å²) < 4.78 is 31.2. The monoisotopic (exact) mass is 314 g/mol. The maximum atomic E-state index is 11.1. The molecule has 3 aromatic rings. The Morgan fingerprint density at radius 3 is 2.36 bits per heavy atom. The molecule has 0 amide bonds. The average Bonchev–Trinajstić information content (AvgIpc) is 2.48. The van der Waals surface area contributed by atoms with Crippen LogP contribution in [0.1, 0.15) is 0 Å². The molecule has 0 heterocycles. The molecule has 0 bridgehead atoms. The SMILES string of the molecule is Nc1cc(S(=O)(=O)O)ccc1Nc1cccc2ccccc12. The van der Waals surface area contributed by atoms with Crippen molar-refractivity contribution in [2.24, 2.45) is 0 Å². The second-order valence-electron chi connectivity index (χ2n) is 4.88. The highest BCUT2D eigenvalue weighted by molar-refractivity contribution is 7.85. The first-order valence-electron chi connectivity index (χ1n) is 6.57. The van der Waals surface area contributed by atoms with Crippen LogP contribution < -0.4 is 11.1 Å². The molecule has 3 rings (SSSR count). The number of nitrogens with two attached hydrogens (primary N) is 1. The van der Waals surface area contributed by atoms with Crippen LogP contribution in [0, 0.1) is 0 Å². The van der Waals surface area contributed by atoms with Gasteiger partial charge in [0, 0.05) is 11.1 Å². The number of anilines is 3. The van der Waals surface area contributed by atoms with Crippen molar-refractivity contribution < 1.29 is 13.0 Å². The maximum Gasteiger partial charge on any atom is 0.294 e. The summed E-state index contributed by atoms with van der Waals surface area (Å²) in [6.07, 6.45) is 0. The van der Waals surface area contributed by atoms with Crippen molar-refractivity contribution in [1.29, 1.82) is 0 Å². The Morgan fingerprint density at radius 1 is 0.909 bits per heavy atom. The Bertz CT molecular complexity index is 947. The molecule has 0 saturated carbocycles. The summed E-state index contributed by atoms with van der Waals surface area (Å²) in [5.74, 6) is 0. The van der Waals surface area contributed by atoms with Gasteiger partial charge in [-0.25, -0.2) is 0 Å². The number of benzene rings is 3. The van der Waals surface area contributed by atoms with Gasteiger partial charge in [0.1, 0.15) is 0 Å². The summed E-state index contributed by atoms with van der Waals surface area (Å²) in [6.45, 7) is 0. The molecule has 0 aliphatic rings. The molecule has 4 N–H and O–H groups in total. The van der Waals surface area contributed by atoms with E-state index in [4.69, 9.17) is 10.3 Å². The lowest BCUT2D eigenvalue weighted by molar-refractivity contribution is 0.483. The van der Waals surface area contributed by atoms with E-state index in [2.05, 4.69) is 5.32 Å². The van der Waals surface area contributed by atoms with E-state index in [1.165, 1.54) is 18.2 Å². The van der Waals surface area contributed by atoms with E-state index in [0.717, 1.165) is 16.5 Å². The third-order valence-corrected chi connectivity index (χ3v) is 4.23. The van der Waals surface area contributed by atoms with Crippen LogP contribution in [0.4, 0.5) is 17.1 Å². The van der Waals surface area contributed by atoms with Crippen molar-refractivity contribution in [3.8, 4) is 0 Å². The largest absolute Gasteiger partial charge is 0.397 e. The maximum absolute atomic E-state index is 11.1. The lowest BCUT2D eigenvalue weighted by Gasteiger charge is -2.12. The molecule has 0 saturated heterocycles. The summed E-state index contributed by atoms with van der Waals surface area (Å²) in [5, 5.41) is 5.31. The molecule has 112 valence electrons. The summed E-state index contributed by atoms with van der Waals surface area (Å²) in [6, 6.07) is 17.8. The number of nitrogens with one attached hydrogen (secondary N) is 1. The summed E-state index contributed by atoms with van der Waals surface area (Å²) in [4.78, 5) is -0.228. The molecule has 0 aliphatic carbocycles. The minimum atomic E-state index is -4.26. The molecule has 5 nitrogen and oxygen atoms in total. The van der Waals surface area contributed by atoms with Gasteiger partial charge in [-0.1, -0.05) is 36.4 Å². The van der Waals surface area contributed by atoms with Crippen molar-refractivity contribution >= 4 is 38.0 Å². The predicted octanol–water partition coefficient (Wildman–Crippen LogP) is 3.41. The van der Waals surface area contributed by atoms with E-state index in [9.17, 15) is 8.42 Å². The molecular weight excluding hydrogens is 300 g/mol. The molecule has 0 atom stereocenters. The van der Waals surface area contributed by atoms with E-state index >= 15 is 0 Å². The number of rotatable bonds is 3. The average molecular weight is 314 g/mol. The first kappa shape index (κ1) is 14.4. The second kappa shape index (κ2) is 5.32. The summed E-state index contributed by atoms with van der Waals surface area (Å²) >= 11 is 0. The Hall–Kier alpha value is -2.57. The van der Waals surface area contributed by atoms with Crippen LogP contribution in [-0.2, 0) is 10.1 Å². The fraction of sp³-hybridized carbons (Fsp3) is 0. The zero-order chi connectivity index (χ0) is 15.7. The first-order chi connectivity index (χ1) is 10.4. The van der Waals surface area contributed by atoms with Crippen LogP contribution >= 0.6 is 0 Å². The summed E-state index contributed by atoms with van der Waals surface area (Å²) in [7, 11) is -4.26. The van der Waals surface area contributed by atoms with Crippen LogP contribution in [0.25, 0.3) is 10.8 Å². The molecule has 0 unspecified atom stereocenters. The molecule has 6 heteroatoms. The van der Waals surface area contributed by atoms with Gasteiger partial charge in [0.15, 0.2) is 0 Å². The highest BCUT2D eigenvalue weighted by atomic mass is 32.2. The van der Waals surface area contributed by atoms with Crippen LogP contribution in [0.3, 0.4) is 0 Å². The third-order valence-electron chi connectivity index (χ3n) is 3.38.